The van der Waals surface area contributed by atoms with Crippen molar-refractivity contribution in [3.8, 4) is 0 Å². The molecule has 3 rings (SSSR count). The fourth-order valence-corrected chi connectivity index (χ4v) is 3.17. The molecule has 0 fully saturated rings. The largest absolute Gasteiger partial charge is 0.327 e. The summed E-state index contributed by atoms with van der Waals surface area (Å²) >= 11 is 1.38. The van der Waals surface area contributed by atoms with Crippen LogP contribution in [0.15, 0.2) is 45.6 Å². The van der Waals surface area contributed by atoms with Crippen molar-refractivity contribution in [1.29, 1.82) is 0 Å². The normalized spacial score (nSPS) is 12.2. The van der Waals surface area contributed by atoms with Crippen LogP contribution in [0.25, 0.3) is 10.8 Å². The van der Waals surface area contributed by atoms with E-state index < -0.39 is 5.91 Å². The maximum atomic E-state index is 12.7. The van der Waals surface area contributed by atoms with Gasteiger partial charge in [0.1, 0.15) is 0 Å². The average Bonchev–Trinajstić information content (AvgIpc) is 2.94. The van der Waals surface area contributed by atoms with Gasteiger partial charge in [-0.1, -0.05) is 32.0 Å². The molecule has 6 nitrogen and oxygen atoms in total. The van der Waals surface area contributed by atoms with Crippen molar-refractivity contribution >= 4 is 28.0 Å². The summed E-state index contributed by atoms with van der Waals surface area (Å²) in [5.74, 6) is -0.201. The van der Waals surface area contributed by atoms with Crippen LogP contribution in [0.2, 0.25) is 0 Å². The molecular weight excluding hydrogens is 324 g/mol. The number of hydrogen-bond acceptors (Lipinski definition) is 4. The number of thiazole rings is 1. The van der Waals surface area contributed by atoms with E-state index in [1.54, 1.807) is 28.8 Å². The first-order valence-corrected chi connectivity index (χ1v) is 8.54. The van der Waals surface area contributed by atoms with Gasteiger partial charge in [-0.15, -0.1) is 11.3 Å². The summed E-state index contributed by atoms with van der Waals surface area (Å²) in [6.45, 7) is 4.46. The summed E-state index contributed by atoms with van der Waals surface area (Å²) in [7, 11) is 1.83. The van der Waals surface area contributed by atoms with E-state index in [-0.39, 0.29) is 17.2 Å². The number of aromatic nitrogens is 3. The van der Waals surface area contributed by atoms with E-state index in [1.165, 1.54) is 16.0 Å². The fraction of sp³-hybridized carbons (Fsp3) is 0.294. The van der Waals surface area contributed by atoms with Crippen LogP contribution in [-0.2, 0) is 13.6 Å². The molecule has 24 heavy (non-hydrogen) atoms. The summed E-state index contributed by atoms with van der Waals surface area (Å²) in [6.07, 6.45) is 1.84. The zero-order valence-corrected chi connectivity index (χ0v) is 14.6. The number of aryl methyl sites for hydroxylation is 1. The molecular formula is C17H18N4O2S. The number of nitrogens with zero attached hydrogens (tertiary/aromatic N) is 4. The molecule has 0 radical (unpaired) electrons. The number of hydrogen-bond donors (Lipinski definition) is 0. The maximum absolute atomic E-state index is 12.7. The molecule has 2 heterocycles. The molecule has 0 unspecified atom stereocenters. The molecule has 3 aromatic rings. The Kier molecular flexibility index (Phi) is 4.44. The van der Waals surface area contributed by atoms with Gasteiger partial charge in [0.25, 0.3) is 5.56 Å². The minimum Gasteiger partial charge on any atom is -0.327 e. The zero-order valence-electron chi connectivity index (χ0n) is 13.8. The van der Waals surface area contributed by atoms with Gasteiger partial charge in [-0.2, -0.15) is 10.1 Å². The summed E-state index contributed by atoms with van der Waals surface area (Å²) in [4.78, 5) is 30.0. The molecule has 0 aliphatic heterocycles. The third-order valence-corrected chi connectivity index (χ3v) is 4.41. The molecule has 0 spiro atoms. The molecule has 7 heteroatoms. The van der Waals surface area contributed by atoms with Gasteiger partial charge in [0, 0.05) is 30.6 Å². The summed E-state index contributed by atoms with van der Waals surface area (Å²) in [6, 6.07) is 7.03. The van der Waals surface area contributed by atoms with Crippen LogP contribution in [0.3, 0.4) is 0 Å². The Morgan fingerprint density at radius 3 is 2.62 bits per heavy atom. The first-order chi connectivity index (χ1) is 11.5. The summed E-state index contributed by atoms with van der Waals surface area (Å²) in [5.41, 5.74) is 0.0248. The van der Waals surface area contributed by atoms with Gasteiger partial charge in [-0.05, 0) is 12.0 Å². The Bertz CT molecular complexity index is 1030. The zero-order chi connectivity index (χ0) is 17.3. The molecule has 0 atom stereocenters. The second-order valence-corrected chi connectivity index (χ2v) is 6.86. The maximum Gasteiger partial charge on any atom is 0.300 e. The smallest absolute Gasteiger partial charge is 0.300 e. The fourth-order valence-electron chi connectivity index (χ4n) is 2.44. The number of carbonyl (C=O) groups is 1. The molecule has 0 saturated carbocycles. The van der Waals surface area contributed by atoms with Gasteiger partial charge in [0.2, 0.25) is 0 Å². The van der Waals surface area contributed by atoms with Gasteiger partial charge in [-0.3, -0.25) is 9.59 Å². The van der Waals surface area contributed by atoms with Crippen molar-refractivity contribution in [2.75, 3.05) is 0 Å². The van der Waals surface area contributed by atoms with E-state index in [4.69, 9.17) is 0 Å². The van der Waals surface area contributed by atoms with E-state index in [9.17, 15) is 9.59 Å². The topological polar surface area (TPSA) is 69.2 Å². The number of benzene rings is 1. The van der Waals surface area contributed by atoms with Crippen LogP contribution in [0.5, 0.6) is 0 Å². The van der Waals surface area contributed by atoms with Crippen molar-refractivity contribution in [3.63, 3.8) is 0 Å². The molecule has 0 saturated heterocycles. The number of amides is 1. The molecule has 1 amide bonds. The highest BCUT2D eigenvalue weighted by molar-refractivity contribution is 7.07. The first kappa shape index (κ1) is 16.3. The summed E-state index contributed by atoms with van der Waals surface area (Å²) < 4.78 is 3.14. The quantitative estimate of drug-likeness (QED) is 0.733. The van der Waals surface area contributed by atoms with E-state index in [2.05, 4.69) is 10.1 Å². The molecule has 2 aromatic heterocycles. The molecule has 124 valence electrons. The van der Waals surface area contributed by atoms with Crippen molar-refractivity contribution in [2.24, 2.45) is 18.0 Å². The number of carbonyl (C=O) groups excluding carboxylic acids is 1. The standard InChI is InChI=1S/C17H18N4O2S/c1-11(2)10-21-16(23)13-7-5-4-6-12(13)14(19-21)15(22)18-17-20(3)8-9-24-17/h4-9,11H,10H2,1-3H3. The minimum absolute atomic E-state index is 0.183. The molecule has 0 N–H and O–H groups in total. The summed E-state index contributed by atoms with van der Waals surface area (Å²) in [5, 5.41) is 7.19. The van der Waals surface area contributed by atoms with Crippen molar-refractivity contribution < 1.29 is 4.79 Å². The van der Waals surface area contributed by atoms with E-state index >= 15 is 0 Å². The average molecular weight is 342 g/mol. The minimum atomic E-state index is -0.443. The van der Waals surface area contributed by atoms with Crippen LogP contribution in [0.1, 0.15) is 24.3 Å². The van der Waals surface area contributed by atoms with Crippen LogP contribution >= 0.6 is 11.3 Å². The van der Waals surface area contributed by atoms with Crippen LogP contribution in [-0.4, -0.2) is 20.3 Å². The third kappa shape index (κ3) is 3.07. The predicted octanol–water partition coefficient (Wildman–Crippen LogP) is 2.19. The monoisotopic (exact) mass is 342 g/mol. The Balaban J connectivity index is 2.23. The van der Waals surface area contributed by atoms with Gasteiger partial charge >= 0.3 is 5.91 Å². The van der Waals surface area contributed by atoms with E-state index in [1.807, 2.05) is 32.5 Å². The van der Waals surface area contributed by atoms with Gasteiger partial charge in [-0.25, -0.2) is 4.68 Å². The Labute approximate surface area is 142 Å². The first-order valence-electron chi connectivity index (χ1n) is 7.66. The SMILES string of the molecule is CC(C)Cn1nc(C(=O)N=c2sccn2C)c2ccccc2c1=O. The van der Waals surface area contributed by atoms with Gasteiger partial charge in [0.05, 0.1) is 5.39 Å². The van der Waals surface area contributed by atoms with E-state index in [0.29, 0.717) is 22.1 Å². The lowest BCUT2D eigenvalue weighted by Gasteiger charge is -2.10. The highest BCUT2D eigenvalue weighted by atomic mass is 32.1. The number of rotatable bonds is 3. The molecule has 0 bridgehead atoms. The Morgan fingerprint density at radius 1 is 1.29 bits per heavy atom. The number of fused-ring (bicyclic) bond motifs is 1. The second-order valence-electron chi connectivity index (χ2n) is 5.99. The van der Waals surface area contributed by atoms with Crippen LogP contribution < -0.4 is 10.4 Å². The van der Waals surface area contributed by atoms with Crippen LogP contribution in [0.4, 0.5) is 0 Å². The van der Waals surface area contributed by atoms with Gasteiger partial charge < -0.3 is 4.57 Å². The Hall–Kier alpha value is -2.54. The Morgan fingerprint density at radius 2 is 2.00 bits per heavy atom. The van der Waals surface area contributed by atoms with E-state index in [0.717, 1.165) is 0 Å². The highest BCUT2D eigenvalue weighted by Gasteiger charge is 2.16. The van der Waals surface area contributed by atoms with Crippen molar-refractivity contribution in [2.45, 2.75) is 20.4 Å². The molecule has 1 aromatic carbocycles. The van der Waals surface area contributed by atoms with Crippen molar-refractivity contribution in [1.82, 2.24) is 14.3 Å². The molecule has 0 aliphatic carbocycles. The second kappa shape index (κ2) is 6.52. The third-order valence-electron chi connectivity index (χ3n) is 3.57. The molecule has 0 aliphatic rings. The lowest BCUT2D eigenvalue weighted by molar-refractivity contribution is 0.0992. The lowest BCUT2D eigenvalue weighted by Crippen LogP contribution is -2.28. The highest BCUT2D eigenvalue weighted by Crippen LogP contribution is 2.14. The lowest BCUT2D eigenvalue weighted by atomic mass is 10.1. The van der Waals surface area contributed by atoms with Gasteiger partial charge in [0.15, 0.2) is 10.5 Å². The predicted molar refractivity (Wildman–Crippen MR) is 94.0 cm³/mol. The van der Waals surface area contributed by atoms with Crippen LogP contribution in [0, 0.1) is 5.92 Å². The van der Waals surface area contributed by atoms with Crippen molar-refractivity contribution in [3.05, 3.63) is 56.7 Å².